The topological polar surface area (TPSA) is 150 Å². The molecule has 0 bridgehead atoms. The third-order valence-electron chi connectivity index (χ3n) is 18.3. The predicted molar refractivity (Wildman–Crippen MR) is 413 cm³/mol. The molecule has 522 valence electrons. The molecule has 0 atom stereocenters. The van der Waals surface area contributed by atoms with Gasteiger partial charge in [0.25, 0.3) is 0 Å². The van der Waals surface area contributed by atoms with Crippen molar-refractivity contribution in [1.29, 1.82) is 0 Å². The summed E-state index contributed by atoms with van der Waals surface area (Å²) in [6, 6.07) is 45.5. The minimum Gasteiger partial charge on any atom is -0.507 e. The van der Waals surface area contributed by atoms with E-state index in [0.717, 1.165) is 89.4 Å². The smallest absolute Gasteiger partial charge is 0.507 e. The van der Waals surface area contributed by atoms with Gasteiger partial charge in [0, 0.05) is 97.7 Å². The average molecular weight is 1450 g/mol. The standard InChI is InChI=1S/C28H28BF2N3O2.C28H28BF2N3O.C24H19BBrF2N3O/c1-4-35-25-15-9-20(18-26(25)36-5-2)8-14-23-17-19(3)28-27(21-10-12-22(32)13-11-21)24-7-6-16-33(24)29(30,31)34(23)28;1-19-18-23(14-7-20-8-15-24(16-9-20)35-28(2,3)4)34-27(19)26(21-10-12-22(32)13-11-21)25-6-5-17-33(25)29(34,30)31;1-15-13-20(10-6-17-14-18(26)7-11-22(17)32)31-24(15)23(16-4-8-19(29)9-5-16)21-3-2-12-30(21)25(31,27)28/h6-18H,4-5,32H2,1-3H3;5-18H,32H2,1-4H3;2-14,32H,29H2,1H3/b14-8+;14-7+;10-6+. The second-order valence-corrected chi connectivity index (χ2v) is 27.5. The minimum atomic E-state index is -4.11. The van der Waals surface area contributed by atoms with Crippen LogP contribution in [0.1, 0.15) is 119 Å². The van der Waals surface area contributed by atoms with Crippen molar-refractivity contribution in [3.05, 3.63) is 294 Å². The quantitative estimate of drug-likeness (QED) is 0.0481. The van der Waals surface area contributed by atoms with Crippen LogP contribution in [0.3, 0.4) is 0 Å². The van der Waals surface area contributed by atoms with Crippen LogP contribution >= 0.6 is 15.9 Å². The van der Waals surface area contributed by atoms with E-state index < -0.39 is 20.9 Å². The fourth-order valence-electron chi connectivity index (χ4n) is 13.9. The number of aromatic nitrogens is 3. The van der Waals surface area contributed by atoms with Gasteiger partial charge < -0.3 is 89.3 Å². The maximum absolute atomic E-state index is 16.0. The van der Waals surface area contributed by atoms with E-state index in [9.17, 15) is 5.11 Å². The number of nitrogen functional groups attached to an aromatic ring is 3. The zero-order chi connectivity index (χ0) is 73.0. The molecule has 9 heterocycles. The van der Waals surface area contributed by atoms with Gasteiger partial charge >= 0.3 is 20.9 Å². The van der Waals surface area contributed by atoms with Crippen LogP contribution < -0.4 is 31.4 Å². The molecular formula is C80H75B3BrF6N9O4. The SMILES string of the molecule is CCOc1ccc(/C=C/c2cc(C)c3n2[B-](F)(F)[N+]2=CC=CC2=C3c2ccc(N)cc2)cc1OCC.Cc1cc(/C=C/c2cc(Br)ccc2O)n2c1C(c1ccc(N)cc1)=C1C=CC=[N+]1[B-]2(F)F.Cc1cc(/C=C/c2ccc(OC(C)(C)C)cc2)n2c1C(c1ccc(N)cc1)=C1C=CC=[N+]1[B-]2(F)F. The molecular weight excluding hydrogens is 1380 g/mol. The van der Waals surface area contributed by atoms with Crippen molar-refractivity contribution in [1.82, 2.24) is 13.4 Å². The van der Waals surface area contributed by atoms with E-state index >= 15 is 25.9 Å². The number of halogens is 7. The Hall–Kier alpha value is -11.3. The number of phenols is 1. The lowest BCUT2D eigenvalue weighted by Gasteiger charge is -2.32. The summed E-state index contributed by atoms with van der Waals surface area (Å²) < 4.78 is 120. The highest BCUT2D eigenvalue weighted by molar-refractivity contribution is 9.10. The zero-order valence-electron chi connectivity index (χ0n) is 58.0. The molecule has 7 N–H and O–H groups in total. The number of ether oxygens (including phenoxy) is 3. The van der Waals surface area contributed by atoms with E-state index in [4.69, 9.17) is 31.4 Å². The molecule has 6 aromatic carbocycles. The molecule has 0 radical (unpaired) electrons. The lowest BCUT2D eigenvalue weighted by molar-refractivity contribution is -0.357. The Balaban J connectivity index is 0.000000138. The van der Waals surface area contributed by atoms with Gasteiger partial charge in [-0.1, -0.05) is 82.7 Å². The van der Waals surface area contributed by atoms with Gasteiger partial charge in [-0.15, -0.1) is 0 Å². The first-order valence-corrected chi connectivity index (χ1v) is 34.6. The normalized spacial score (nSPS) is 16.2. The highest BCUT2D eigenvalue weighted by atomic mass is 79.9. The minimum absolute atomic E-state index is 0.0747. The number of hydrogen-bond donors (Lipinski definition) is 4. The number of anilines is 3. The second kappa shape index (κ2) is 27.6. The zero-order valence-corrected chi connectivity index (χ0v) is 59.6. The fraction of sp³-hybridized carbons (Fsp3) is 0.138. The molecule has 0 aliphatic carbocycles. The van der Waals surface area contributed by atoms with Gasteiger partial charge in [0.1, 0.15) is 35.7 Å². The Morgan fingerprint density at radius 3 is 1.21 bits per heavy atom. The highest BCUT2D eigenvalue weighted by Gasteiger charge is 2.56. The third-order valence-corrected chi connectivity index (χ3v) is 18.8. The number of allylic oxidation sites excluding steroid dienone is 6. The van der Waals surface area contributed by atoms with Crippen molar-refractivity contribution in [2.75, 3.05) is 30.4 Å². The van der Waals surface area contributed by atoms with Gasteiger partial charge in [0.05, 0.1) is 29.9 Å². The molecule has 3 aromatic heterocycles. The Morgan fingerprint density at radius 2 is 0.825 bits per heavy atom. The maximum atomic E-state index is 16.0. The number of aromatic hydroxyl groups is 1. The van der Waals surface area contributed by atoms with E-state index in [2.05, 4.69) is 15.9 Å². The highest BCUT2D eigenvalue weighted by Crippen LogP contribution is 2.46. The summed E-state index contributed by atoms with van der Waals surface area (Å²) in [7, 11) is 0. The molecule has 0 amide bonds. The van der Waals surface area contributed by atoms with Crippen LogP contribution in [0.5, 0.6) is 23.0 Å². The number of fused-ring (bicyclic) bond motifs is 6. The van der Waals surface area contributed by atoms with Crippen molar-refractivity contribution in [3.8, 4) is 23.0 Å². The summed E-state index contributed by atoms with van der Waals surface area (Å²) in [5, 5.41) is 10.1. The number of hydrogen-bond acceptors (Lipinski definition) is 7. The third kappa shape index (κ3) is 13.4. The number of nitrogens with two attached hydrogens (primary N) is 3. The van der Waals surface area contributed by atoms with E-state index in [-0.39, 0.29) is 11.4 Å². The maximum Gasteiger partial charge on any atom is 0.737 e. The van der Waals surface area contributed by atoms with Gasteiger partial charge in [0.2, 0.25) is 0 Å². The molecule has 0 unspecified atom stereocenters. The Labute approximate surface area is 602 Å². The number of phenolic OH excluding ortho intramolecular Hbond substituents is 1. The average Bonchev–Trinajstić information content (AvgIpc) is 1.61. The van der Waals surface area contributed by atoms with Crippen LogP contribution in [0.15, 0.2) is 210 Å². The molecule has 103 heavy (non-hydrogen) atoms. The largest absolute Gasteiger partial charge is 0.737 e. The van der Waals surface area contributed by atoms with Crippen LogP contribution in [-0.2, 0) is 0 Å². The molecule has 15 rings (SSSR count). The molecule has 13 nitrogen and oxygen atoms in total. The van der Waals surface area contributed by atoms with Gasteiger partial charge in [-0.25, -0.2) is 0 Å². The lowest BCUT2D eigenvalue weighted by atomic mass is 9.85. The van der Waals surface area contributed by atoms with E-state index in [0.29, 0.717) is 98.6 Å². The Bertz CT molecular complexity index is 5300. The van der Waals surface area contributed by atoms with Crippen molar-refractivity contribution >= 4 is 126 Å². The van der Waals surface area contributed by atoms with Crippen molar-refractivity contribution in [2.24, 2.45) is 0 Å². The van der Waals surface area contributed by atoms with Gasteiger partial charge in [-0.05, 0) is 221 Å². The van der Waals surface area contributed by atoms with Crippen LogP contribution in [0.2, 0.25) is 0 Å². The molecule has 0 fully saturated rings. The Kier molecular flexibility index (Phi) is 18.8. The monoisotopic (exact) mass is 1450 g/mol. The van der Waals surface area contributed by atoms with E-state index in [1.54, 1.807) is 121 Å². The van der Waals surface area contributed by atoms with Gasteiger partial charge in [-0.3, -0.25) is 0 Å². The molecule has 0 saturated heterocycles. The van der Waals surface area contributed by atoms with Crippen LogP contribution in [0, 0.1) is 20.8 Å². The molecule has 6 aliphatic heterocycles. The molecule has 6 aliphatic rings. The first-order valence-electron chi connectivity index (χ1n) is 33.8. The summed E-state index contributed by atoms with van der Waals surface area (Å²) in [4.78, 5) is 0. The van der Waals surface area contributed by atoms with E-state index in [1.807, 2.05) is 159 Å². The number of rotatable bonds is 14. The van der Waals surface area contributed by atoms with Crippen molar-refractivity contribution in [3.63, 3.8) is 0 Å². The fourth-order valence-corrected chi connectivity index (χ4v) is 14.3. The summed E-state index contributed by atoms with van der Waals surface area (Å²) in [6.45, 7) is 4.14. The van der Waals surface area contributed by atoms with Crippen LogP contribution in [0.4, 0.5) is 43.0 Å². The number of benzene rings is 6. The van der Waals surface area contributed by atoms with Crippen LogP contribution in [-0.4, -0.2) is 90.4 Å². The number of nitrogens with zero attached hydrogens (tertiary/aromatic N) is 6. The molecule has 9 aromatic rings. The molecule has 0 spiro atoms. The molecule has 0 saturated carbocycles. The number of aryl methyl sites for hydroxylation is 3. The second-order valence-electron chi connectivity index (χ2n) is 26.6. The predicted octanol–water partition coefficient (Wildman–Crippen LogP) is 18.0. The summed E-state index contributed by atoms with van der Waals surface area (Å²) in [5.41, 5.74) is 32.7. The lowest BCUT2D eigenvalue weighted by Crippen LogP contribution is -2.50. The Morgan fingerprint density at radius 1 is 0.456 bits per heavy atom. The first-order chi connectivity index (χ1) is 49.2. The van der Waals surface area contributed by atoms with Crippen LogP contribution in [0.25, 0.3) is 53.2 Å². The van der Waals surface area contributed by atoms with Gasteiger partial charge in [0.15, 0.2) is 28.6 Å². The summed E-state index contributed by atoms with van der Waals surface area (Å²) in [5.74, 6) is 2.12. The summed E-state index contributed by atoms with van der Waals surface area (Å²) in [6.07, 6.45) is 24.9. The van der Waals surface area contributed by atoms with Crippen molar-refractivity contribution in [2.45, 2.75) is 61.0 Å². The van der Waals surface area contributed by atoms with E-state index in [1.165, 1.54) is 27.6 Å². The van der Waals surface area contributed by atoms with Crippen molar-refractivity contribution < 1.29 is 58.7 Å². The first kappa shape index (κ1) is 70.1. The van der Waals surface area contributed by atoms with Gasteiger partial charge in [-0.2, -0.15) is 0 Å². The summed E-state index contributed by atoms with van der Waals surface area (Å²) >= 11 is 3.37. The molecule has 23 heteroatoms.